The van der Waals surface area contributed by atoms with Gasteiger partial charge in [0, 0.05) is 0 Å². The molecule has 0 aromatic rings. The monoisotopic (exact) mass is 380 g/mol. The van der Waals surface area contributed by atoms with Gasteiger partial charge in [-0.1, -0.05) is 6.58 Å². The van der Waals surface area contributed by atoms with Crippen LogP contribution >= 0.6 is 0 Å². The molecule has 22 heavy (non-hydrogen) atoms. The second-order valence-corrected chi connectivity index (χ2v) is 8.10. The van der Waals surface area contributed by atoms with Crippen LogP contribution in [0, 0.1) is 0 Å². The van der Waals surface area contributed by atoms with Crippen LogP contribution in [-0.4, -0.2) is 60.0 Å². The molecule has 6 nitrogen and oxygen atoms in total. The first-order valence-electron chi connectivity index (χ1n) is 5.05. The first-order valence-corrected chi connectivity index (χ1v) is 7.93. The Hall–Kier alpha value is -0.860. The number of rotatable bonds is 4. The van der Waals surface area contributed by atoms with Gasteiger partial charge in [-0.2, -0.15) is 26.3 Å². The predicted octanol–water partition coefficient (Wildman–Crippen LogP) is 1.94. The first-order chi connectivity index (χ1) is 9.27. The number of nitrogens with zero attached hydrogens (tertiary/aromatic N) is 2. The standard InChI is InChI=1S/C6H14N.C2F6NO4S2/c1-5-6-7(2,3)4;3-1(4,5)14(10,11)9-15(12,13)2(6,7)8/h5H,1,6H2,2-4H3;/q+1;-1. The number of quaternary nitrogens is 1. The summed E-state index contributed by atoms with van der Waals surface area (Å²) in [5.41, 5.74) is -12.4. The summed E-state index contributed by atoms with van der Waals surface area (Å²) in [5.74, 6) is 0. The molecule has 0 fully saturated rings. The van der Waals surface area contributed by atoms with Crippen LogP contribution in [0.1, 0.15) is 0 Å². The second-order valence-electron chi connectivity index (χ2n) is 4.68. The van der Waals surface area contributed by atoms with E-state index in [2.05, 4.69) is 27.7 Å². The van der Waals surface area contributed by atoms with E-state index in [1.807, 2.05) is 6.08 Å². The molecule has 0 aromatic heterocycles. The summed E-state index contributed by atoms with van der Waals surface area (Å²) >= 11 is 0. The fourth-order valence-corrected chi connectivity index (χ4v) is 2.31. The van der Waals surface area contributed by atoms with Crippen LogP contribution in [0.25, 0.3) is 4.13 Å². The Balaban J connectivity index is 0. The van der Waals surface area contributed by atoms with Crippen LogP contribution in [0.5, 0.6) is 0 Å². The van der Waals surface area contributed by atoms with Gasteiger partial charge in [0.05, 0.1) is 27.7 Å². The molecule has 0 aliphatic heterocycles. The van der Waals surface area contributed by atoms with Crippen molar-refractivity contribution in [1.82, 2.24) is 0 Å². The van der Waals surface area contributed by atoms with Crippen molar-refractivity contribution in [2.75, 3.05) is 27.7 Å². The molecule has 0 unspecified atom stereocenters. The van der Waals surface area contributed by atoms with Crippen LogP contribution in [0.4, 0.5) is 26.3 Å². The molecule has 134 valence electrons. The number of halogens is 6. The van der Waals surface area contributed by atoms with E-state index >= 15 is 0 Å². The molecule has 0 saturated carbocycles. The third kappa shape index (κ3) is 8.55. The maximum Gasteiger partial charge on any atom is 0.480 e. The zero-order valence-corrected chi connectivity index (χ0v) is 13.2. The Morgan fingerprint density at radius 2 is 1.18 bits per heavy atom. The van der Waals surface area contributed by atoms with Crippen LogP contribution in [-0.2, 0) is 20.0 Å². The zero-order valence-electron chi connectivity index (χ0n) is 11.6. The number of hydrogen-bond acceptors (Lipinski definition) is 4. The van der Waals surface area contributed by atoms with Gasteiger partial charge in [-0.25, -0.2) is 16.8 Å². The van der Waals surface area contributed by atoms with Crippen molar-refractivity contribution >= 4 is 20.0 Å². The normalized spacial score (nSPS) is 14.0. The maximum absolute atomic E-state index is 11.4. The smallest absolute Gasteiger partial charge is 0.421 e. The Bertz CT molecular complexity index is 529. The van der Waals surface area contributed by atoms with Gasteiger partial charge in [-0.3, -0.25) is 0 Å². The van der Waals surface area contributed by atoms with E-state index in [1.165, 1.54) is 0 Å². The lowest BCUT2D eigenvalue weighted by atomic mass is 10.5. The van der Waals surface area contributed by atoms with Gasteiger partial charge in [0.15, 0.2) is 20.0 Å². The predicted molar refractivity (Wildman–Crippen MR) is 66.4 cm³/mol. The van der Waals surface area contributed by atoms with Gasteiger partial charge in [-0.15, -0.1) is 0 Å². The Morgan fingerprint density at radius 1 is 0.909 bits per heavy atom. The molecule has 0 rings (SSSR count). The summed E-state index contributed by atoms with van der Waals surface area (Å²) in [6.07, 6.45) is 1.93. The summed E-state index contributed by atoms with van der Waals surface area (Å²) in [6.45, 7) is 4.67. The molecular weight excluding hydrogens is 366 g/mol. The highest BCUT2D eigenvalue weighted by molar-refractivity contribution is 8.13. The number of alkyl halides is 6. The van der Waals surface area contributed by atoms with E-state index < -0.39 is 31.1 Å². The molecule has 0 heterocycles. The Labute approximate surface area is 124 Å². The molecule has 0 aliphatic carbocycles. The molecule has 0 atom stereocenters. The Morgan fingerprint density at radius 3 is 1.27 bits per heavy atom. The average molecular weight is 380 g/mol. The molecule has 0 N–H and O–H groups in total. The van der Waals surface area contributed by atoms with E-state index in [9.17, 15) is 43.2 Å². The van der Waals surface area contributed by atoms with Crippen molar-refractivity contribution in [1.29, 1.82) is 0 Å². The first kappa shape index (κ1) is 23.4. The molecule has 14 heteroatoms. The van der Waals surface area contributed by atoms with E-state index in [0.717, 1.165) is 15.2 Å². The molecule has 0 bridgehead atoms. The highest BCUT2D eigenvalue weighted by atomic mass is 32.3. The molecule has 0 saturated heterocycles. The van der Waals surface area contributed by atoms with Gasteiger partial charge in [0.25, 0.3) is 0 Å². The second kappa shape index (κ2) is 7.14. The van der Waals surface area contributed by atoms with E-state index in [0.29, 0.717) is 0 Å². The fraction of sp³-hybridized carbons (Fsp3) is 0.750. The summed E-state index contributed by atoms with van der Waals surface area (Å²) < 4.78 is 110. The molecule has 0 radical (unpaired) electrons. The minimum atomic E-state index is -6.72. The van der Waals surface area contributed by atoms with Gasteiger partial charge < -0.3 is 8.61 Å². The van der Waals surface area contributed by atoms with Gasteiger partial charge in [-0.05, 0) is 6.08 Å². The van der Waals surface area contributed by atoms with Crippen LogP contribution in [0.2, 0.25) is 0 Å². The van der Waals surface area contributed by atoms with Crippen molar-refractivity contribution < 1.29 is 47.7 Å². The van der Waals surface area contributed by atoms with Crippen molar-refractivity contribution in [3.63, 3.8) is 0 Å². The molecule has 0 amide bonds. The van der Waals surface area contributed by atoms with Gasteiger partial charge in [0.1, 0.15) is 0 Å². The van der Waals surface area contributed by atoms with Crippen LogP contribution < -0.4 is 0 Å². The molecule has 0 spiro atoms. The lowest BCUT2D eigenvalue weighted by molar-refractivity contribution is -0.864. The molecule has 0 aromatic carbocycles. The molecular formula is C8H14F6N2O4S2. The minimum Gasteiger partial charge on any atom is -0.421 e. The largest absolute Gasteiger partial charge is 0.480 e. The summed E-state index contributed by atoms with van der Waals surface area (Å²) in [6, 6.07) is 0. The lowest BCUT2D eigenvalue weighted by Crippen LogP contribution is -2.33. The van der Waals surface area contributed by atoms with Crippen molar-refractivity contribution in [3.05, 3.63) is 16.8 Å². The fourth-order valence-electron chi connectivity index (χ4n) is 0.601. The number of hydrogen-bond donors (Lipinski definition) is 0. The van der Waals surface area contributed by atoms with Gasteiger partial charge >= 0.3 is 11.0 Å². The third-order valence-corrected chi connectivity index (χ3v) is 4.20. The Kier molecular flexibility index (Phi) is 7.60. The van der Waals surface area contributed by atoms with Crippen LogP contribution in [0.3, 0.4) is 0 Å². The minimum absolute atomic E-state index is 0.778. The van der Waals surface area contributed by atoms with E-state index in [-0.39, 0.29) is 0 Å². The number of sulfonamides is 2. The summed E-state index contributed by atoms with van der Waals surface area (Å²) in [7, 11) is -7.02. The summed E-state index contributed by atoms with van der Waals surface area (Å²) in [5, 5.41) is 0. The maximum atomic E-state index is 11.4. The lowest BCUT2D eigenvalue weighted by Gasteiger charge is -2.22. The zero-order chi connectivity index (χ0) is 18.6. The van der Waals surface area contributed by atoms with Crippen molar-refractivity contribution in [3.8, 4) is 0 Å². The highest BCUT2D eigenvalue weighted by Crippen LogP contribution is 2.36. The number of likely N-dealkylation sites (N-methyl/N-ethyl adjacent to an activating group) is 1. The average Bonchev–Trinajstić information content (AvgIpc) is 2.10. The summed E-state index contributed by atoms with van der Waals surface area (Å²) in [4.78, 5) is 0. The van der Waals surface area contributed by atoms with E-state index in [4.69, 9.17) is 0 Å². The van der Waals surface area contributed by atoms with Gasteiger partial charge in [0.2, 0.25) is 0 Å². The molecule has 0 aliphatic rings. The van der Waals surface area contributed by atoms with Crippen LogP contribution in [0.15, 0.2) is 12.7 Å². The third-order valence-electron chi connectivity index (χ3n) is 1.46. The quantitative estimate of drug-likeness (QED) is 0.424. The SMILES string of the molecule is C=CC[N+](C)(C)C.O=S(=O)([N-]S(=O)(=O)C(F)(F)F)C(F)(F)F. The highest BCUT2D eigenvalue weighted by Gasteiger charge is 2.46. The van der Waals surface area contributed by atoms with Crippen molar-refractivity contribution in [2.24, 2.45) is 0 Å². The van der Waals surface area contributed by atoms with Crippen molar-refractivity contribution in [2.45, 2.75) is 11.0 Å². The van der Waals surface area contributed by atoms with E-state index in [1.54, 1.807) is 0 Å². The topological polar surface area (TPSA) is 82.4 Å².